The number of benzene rings is 1. The molecular weight excluding hydrogens is 194 g/mol. The minimum atomic E-state index is 0.604. The smallest absolute Gasteiger partial charge is 0.0483 e. The van der Waals surface area contributed by atoms with Crippen molar-refractivity contribution >= 4 is 10.9 Å². The summed E-state index contributed by atoms with van der Waals surface area (Å²) >= 11 is 0. The van der Waals surface area contributed by atoms with Crippen LogP contribution in [0.25, 0.3) is 10.9 Å². The van der Waals surface area contributed by atoms with Crippen molar-refractivity contribution in [3.05, 3.63) is 36.0 Å². The van der Waals surface area contributed by atoms with Crippen molar-refractivity contribution in [1.29, 1.82) is 0 Å². The lowest BCUT2D eigenvalue weighted by molar-refractivity contribution is 0.647. The third-order valence-corrected chi connectivity index (χ3v) is 3.19. The van der Waals surface area contributed by atoms with Gasteiger partial charge >= 0.3 is 0 Å². The van der Waals surface area contributed by atoms with E-state index in [-0.39, 0.29) is 0 Å². The molecular formula is C15H21N. The molecule has 0 fully saturated rings. The van der Waals surface area contributed by atoms with Crippen LogP contribution in [0.3, 0.4) is 0 Å². The molecule has 1 heteroatoms. The monoisotopic (exact) mass is 215 g/mol. The Balaban J connectivity index is 2.49. The summed E-state index contributed by atoms with van der Waals surface area (Å²) in [6.45, 7) is 7.93. The Morgan fingerprint density at radius 2 is 1.94 bits per heavy atom. The fourth-order valence-electron chi connectivity index (χ4n) is 2.25. The van der Waals surface area contributed by atoms with Gasteiger partial charge in [0, 0.05) is 23.6 Å². The topological polar surface area (TPSA) is 4.93 Å². The molecule has 0 aliphatic rings. The van der Waals surface area contributed by atoms with Crippen molar-refractivity contribution in [2.24, 2.45) is 0 Å². The van der Waals surface area contributed by atoms with Gasteiger partial charge in [0.15, 0.2) is 0 Å². The average Bonchev–Trinajstić information content (AvgIpc) is 2.65. The zero-order valence-electron chi connectivity index (χ0n) is 10.5. The number of hydrogen-bond acceptors (Lipinski definition) is 0. The third kappa shape index (κ3) is 1.99. The van der Waals surface area contributed by atoms with E-state index in [9.17, 15) is 0 Å². The van der Waals surface area contributed by atoms with E-state index >= 15 is 0 Å². The average molecular weight is 215 g/mol. The van der Waals surface area contributed by atoms with E-state index in [1.54, 1.807) is 0 Å². The normalized spacial score (nSPS) is 11.5. The first kappa shape index (κ1) is 11.3. The van der Waals surface area contributed by atoms with E-state index in [2.05, 4.69) is 55.8 Å². The lowest BCUT2D eigenvalue weighted by Gasteiger charge is -2.02. The molecule has 86 valence electrons. The minimum Gasteiger partial charge on any atom is -0.347 e. The molecule has 0 saturated heterocycles. The van der Waals surface area contributed by atoms with Crippen LogP contribution in [0.2, 0.25) is 0 Å². The highest BCUT2D eigenvalue weighted by atomic mass is 15.0. The second-order valence-corrected chi connectivity index (χ2v) is 4.80. The lowest BCUT2D eigenvalue weighted by Crippen LogP contribution is -1.95. The van der Waals surface area contributed by atoms with Gasteiger partial charge in [-0.2, -0.15) is 0 Å². The van der Waals surface area contributed by atoms with Gasteiger partial charge in [-0.15, -0.1) is 0 Å². The highest BCUT2D eigenvalue weighted by Gasteiger charge is 2.09. The molecule has 1 nitrogen and oxygen atoms in total. The van der Waals surface area contributed by atoms with Gasteiger partial charge < -0.3 is 4.57 Å². The Hall–Kier alpha value is -1.24. The Morgan fingerprint density at radius 1 is 1.19 bits per heavy atom. The summed E-state index contributed by atoms with van der Waals surface area (Å²) in [5.74, 6) is 0.604. The number of aromatic nitrogens is 1. The van der Waals surface area contributed by atoms with Gasteiger partial charge in [-0.05, 0) is 24.0 Å². The minimum absolute atomic E-state index is 0.604. The molecule has 0 aliphatic heterocycles. The number of rotatable bonds is 4. The maximum absolute atomic E-state index is 2.41. The van der Waals surface area contributed by atoms with E-state index in [0.29, 0.717) is 5.92 Å². The zero-order chi connectivity index (χ0) is 11.5. The van der Waals surface area contributed by atoms with Gasteiger partial charge in [-0.3, -0.25) is 0 Å². The van der Waals surface area contributed by atoms with Crippen molar-refractivity contribution in [2.45, 2.75) is 46.1 Å². The molecule has 0 radical (unpaired) electrons. The van der Waals surface area contributed by atoms with Crippen molar-refractivity contribution in [3.8, 4) is 0 Å². The van der Waals surface area contributed by atoms with Crippen LogP contribution in [0, 0.1) is 0 Å². The van der Waals surface area contributed by atoms with Gasteiger partial charge in [-0.25, -0.2) is 0 Å². The summed E-state index contributed by atoms with van der Waals surface area (Å²) < 4.78 is 2.41. The molecule has 1 aromatic carbocycles. The number of para-hydroxylation sites is 1. The van der Waals surface area contributed by atoms with Crippen LogP contribution in [-0.2, 0) is 6.54 Å². The van der Waals surface area contributed by atoms with E-state index in [1.165, 1.54) is 29.3 Å². The molecule has 0 aliphatic carbocycles. The molecule has 2 rings (SSSR count). The Morgan fingerprint density at radius 3 is 2.62 bits per heavy atom. The summed E-state index contributed by atoms with van der Waals surface area (Å²) in [7, 11) is 0. The van der Waals surface area contributed by atoms with Gasteiger partial charge in [0.1, 0.15) is 0 Å². The highest BCUT2D eigenvalue weighted by Crippen LogP contribution is 2.27. The van der Waals surface area contributed by atoms with Gasteiger partial charge in [0.05, 0.1) is 0 Å². The molecule has 0 spiro atoms. The van der Waals surface area contributed by atoms with E-state index in [4.69, 9.17) is 0 Å². The SMILES string of the molecule is CCCCn1cc(C(C)C)c2ccccc21. The van der Waals surface area contributed by atoms with Gasteiger partial charge in [0.2, 0.25) is 0 Å². The summed E-state index contributed by atoms with van der Waals surface area (Å²) in [6.07, 6.45) is 4.85. The lowest BCUT2D eigenvalue weighted by atomic mass is 10.0. The summed E-state index contributed by atoms with van der Waals surface area (Å²) in [6, 6.07) is 8.75. The molecule has 0 N–H and O–H groups in total. The van der Waals surface area contributed by atoms with Gasteiger partial charge in [0.25, 0.3) is 0 Å². The first-order valence-electron chi connectivity index (χ1n) is 6.31. The zero-order valence-corrected chi connectivity index (χ0v) is 10.5. The summed E-state index contributed by atoms with van der Waals surface area (Å²) in [5, 5.41) is 1.42. The van der Waals surface area contributed by atoms with Crippen LogP contribution >= 0.6 is 0 Å². The van der Waals surface area contributed by atoms with Crippen LogP contribution in [0.1, 0.15) is 45.1 Å². The van der Waals surface area contributed by atoms with Gasteiger partial charge in [-0.1, -0.05) is 45.4 Å². The standard InChI is InChI=1S/C15H21N/c1-4-5-10-16-11-14(12(2)3)13-8-6-7-9-15(13)16/h6-9,11-12H,4-5,10H2,1-3H3. The van der Waals surface area contributed by atoms with Crippen molar-refractivity contribution in [2.75, 3.05) is 0 Å². The second-order valence-electron chi connectivity index (χ2n) is 4.80. The highest BCUT2D eigenvalue weighted by molar-refractivity contribution is 5.84. The molecule has 0 amide bonds. The number of aryl methyl sites for hydroxylation is 1. The first-order chi connectivity index (χ1) is 7.74. The molecule has 0 unspecified atom stereocenters. The quantitative estimate of drug-likeness (QED) is 0.704. The van der Waals surface area contributed by atoms with Crippen LogP contribution in [0.4, 0.5) is 0 Å². The van der Waals surface area contributed by atoms with Crippen molar-refractivity contribution < 1.29 is 0 Å². The molecule has 0 saturated carbocycles. The third-order valence-electron chi connectivity index (χ3n) is 3.19. The summed E-state index contributed by atoms with van der Waals surface area (Å²) in [4.78, 5) is 0. The fraction of sp³-hybridized carbons (Fsp3) is 0.467. The largest absolute Gasteiger partial charge is 0.347 e. The predicted octanol–water partition coefficient (Wildman–Crippen LogP) is 4.56. The van der Waals surface area contributed by atoms with Crippen LogP contribution in [0.5, 0.6) is 0 Å². The maximum Gasteiger partial charge on any atom is 0.0483 e. The predicted molar refractivity (Wildman–Crippen MR) is 70.9 cm³/mol. The molecule has 1 heterocycles. The molecule has 2 aromatic rings. The Labute approximate surface area is 98.1 Å². The Bertz CT molecular complexity index is 465. The number of nitrogens with zero attached hydrogens (tertiary/aromatic N) is 1. The van der Waals surface area contributed by atoms with E-state index in [0.717, 1.165) is 6.54 Å². The van der Waals surface area contributed by atoms with Crippen LogP contribution in [0.15, 0.2) is 30.5 Å². The molecule has 16 heavy (non-hydrogen) atoms. The van der Waals surface area contributed by atoms with Crippen molar-refractivity contribution in [3.63, 3.8) is 0 Å². The number of hydrogen-bond donors (Lipinski definition) is 0. The summed E-state index contributed by atoms with van der Waals surface area (Å²) in [5.41, 5.74) is 2.87. The first-order valence-corrected chi connectivity index (χ1v) is 6.31. The molecule has 0 bridgehead atoms. The molecule has 1 aromatic heterocycles. The van der Waals surface area contributed by atoms with E-state index < -0.39 is 0 Å². The van der Waals surface area contributed by atoms with Crippen molar-refractivity contribution in [1.82, 2.24) is 4.57 Å². The second kappa shape index (κ2) is 4.73. The number of unbranched alkanes of at least 4 members (excludes halogenated alkanes) is 1. The number of fused-ring (bicyclic) bond motifs is 1. The van der Waals surface area contributed by atoms with Crippen LogP contribution < -0.4 is 0 Å². The van der Waals surface area contributed by atoms with Crippen LogP contribution in [-0.4, -0.2) is 4.57 Å². The maximum atomic E-state index is 2.41. The molecule has 0 atom stereocenters. The van der Waals surface area contributed by atoms with E-state index in [1.807, 2.05) is 0 Å². The fourth-order valence-corrected chi connectivity index (χ4v) is 2.25. The Kier molecular flexibility index (Phi) is 3.33.